The highest BCUT2D eigenvalue weighted by Gasteiger charge is 2.49. The number of carbonyl (C=O) groups excluding carboxylic acids is 3. The molecule has 3 fully saturated rings. The first-order chi connectivity index (χ1) is 14.0. The maximum Gasteiger partial charge on any atom is 0.335 e. The predicted molar refractivity (Wildman–Crippen MR) is 111 cm³/mol. The molecule has 8 heteroatoms. The first-order valence-corrected chi connectivity index (χ1v) is 10.8. The van der Waals surface area contributed by atoms with Crippen LogP contribution >= 0.6 is 11.6 Å². The van der Waals surface area contributed by atoms with Crippen molar-refractivity contribution in [3.05, 3.63) is 29.3 Å². The van der Waals surface area contributed by atoms with Crippen LogP contribution in [-0.4, -0.2) is 71.4 Å². The zero-order valence-electron chi connectivity index (χ0n) is 16.7. The van der Waals surface area contributed by atoms with Crippen LogP contribution in [0.15, 0.2) is 24.3 Å². The third-order valence-corrected chi connectivity index (χ3v) is 6.60. The van der Waals surface area contributed by atoms with Crippen LogP contribution in [0, 0.1) is 5.92 Å². The highest BCUT2D eigenvalue weighted by molar-refractivity contribution is 6.44. The van der Waals surface area contributed by atoms with E-state index in [1.807, 2.05) is 24.3 Å². The first-order valence-electron chi connectivity index (χ1n) is 10.4. The average molecular weight is 419 g/mol. The van der Waals surface area contributed by atoms with Gasteiger partial charge in [0.1, 0.15) is 0 Å². The summed E-state index contributed by atoms with van der Waals surface area (Å²) in [5, 5.41) is 0.703. The van der Waals surface area contributed by atoms with Crippen LogP contribution in [0.2, 0.25) is 5.02 Å². The van der Waals surface area contributed by atoms with Crippen molar-refractivity contribution in [1.82, 2.24) is 14.7 Å². The fourth-order valence-electron chi connectivity index (χ4n) is 4.64. The number of benzene rings is 1. The van der Waals surface area contributed by atoms with Crippen LogP contribution in [0.1, 0.15) is 32.6 Å². The van der Waals surface area contributed by atoms with E-state index in [0.29, 0.717) is 18.1 Å². The Hall–Kier alpha value is -2.12. The van der Waals surface area contributed by atoms with Crippen molar-refractivity contribution in [1.29, 1.82) is 0 Å². The van der Waals surface area contributed by atoms with Crippen molar-refractivity contribution in [3.8, 4) is 0 Å². The van der Waals surface area contributed by atoms with Gasteiger partial charge in [0.05, 0.1) is 6.67 Å². The first kappa shape index (κ1) is 20.2. The molecule has 4 rings (SSSR count). The Morgan fingerprint density at radius 2 is 1.72 bits per heavy atom. The van der Waals surface area contributed by atoms with Crippen molar-refractivity contribution >= 4 is 35.1 Å². The van der Waals surface area contributed by atoms with E-state index in [2.05, 4.69) is 16.7 Å². The lowest BCUT2D eigenvalue weighted by Gasteiger charge is -2.37. The molecule has 0 bridgehead atoms. The molecule has 2 heterocycles. The summed E-state index contributed by atoms with van der Waals surface area (Å²) in [6.07, 6.45) is 3.88. The van der Waals surface area contributed by atoms with Gasteiger partial charge in [-0.05, 0) is 37.0 Å². The molecule has 3 aliphatic rings. The second-order valence-electron chi connectivity index (χ2n) is 8.25. The van der Waals surface area contributed by atoms with E-state index in [0.717, 1.165) is 49.4 Å². The minimum Gasteiger partial charge on any atom is -0.369 e. The fraction of sp³-hybridized carbons (Fsp3) is 0.571. The molecule has 2 atom stereocenters. The molecule has 0 N–H and O–H groups in total. The second kappa shape index (κ2) is 8.32. The minimum atomic E-state index is -0.690. The highest BCUT2D eigenvalue weighted by atomic mass is 35.5. The Bertz CT molecular complexity index is 809. The summed E-state index contributed by atoms with van der Waals surface area (Å²) in [6.45, 7) is 5.19. The number of carbonyl (C=O) groups is 3. The van der Waals surface area contributed by atoms with E-state index >= 15 is 0 Å². The number of anilines is 1. The Balaban J connectivity index is 1.38. The van der Waals surface area contributed by atoms with Gasteiger partial charge in [-0.1, -0.05) is 37.4 Å². The van der Waals surface area contributed by atoms with E-state index < -0.39 is 17.8 Å². The van der Waals surface area contributed by atoms with Gasteiger partial charge in [-0.25, -0.2) is 9.69 Å². The van der Waals surface area contributed by atoms with Gasteiger partial charge in [-0.2, -0.15) is 0 Å². The predicted octanol–water partition coefficient (Wildman–Crippen LogP) is 2.79. The molecular weight excluding hydrogens is 392 g/mol. The molecule has 0 unspecified atom stereocenters. The van der Waals surface area contributed by atoms with Crippen LogP contribution in [-0.2, 0) is 9.59 Å². The molecule has 0 spiro atoms. The van der Waals surface area contributed by atoms with Crippen LogP contribution in [0.4, 0.5) is 10.5 Å². The number of piperazine rings is 1. The zero-order chi connectivity index (χ0) is 20.5. The maximum absolute atomic E-state index is 12.9. The molecule has 1 aliphatic carbocycles. The summed E-state index contributed by atoms with van der Waals surface area (Å²) in [7, 11) is 0. The normalized spacial score (nSPS) is 26.6. The monoisotopic (exact) mass is 418 g/mol. The van der Waals surface area contributed by atoms with Gasteiger partial charge in [0.2, 0.25) is 0 Å². The Kier molecular flexibility index (Phi) is 5.79. The van der Waals surface area contributed by atoms with Crippen LogP contribution in [0.25, 0.3) is 0 Å². The summed E-state index contributed by atoms with van der Waals surface area (Å²) < 4.78 is 0. The van der Waals surface area contributed by atoms with Gasteiger partial charge in [0, 0.05) is 42.9 Å². The molecule has 1 aromatic carbocycles. The Morgan fingerprint density at radius 3 is 2.41 bits per heavy atom. The number of urea groups is 1. The number of amides is 4. The quantitative estimate of drug-likeness (QED) is 0.555. The fourth-order valence-corrected chi connectivity index (χ4v) is 4.82. The lowest BCUT2D eigenvalue weighted by atomic mass is 9.85. The lowest BCUT2D eigenvalue weighted by molar-refractivity contribution is -0.145. The van der Waals surface area contributed by atoms with Crippen molar-refractivity contribution in [2.45, 2.75) is 38.6 Å². The number of halogens is 1. The zero-order valence-corrected chi connectivity index (χ0v) is 17.5. The molecule has 2 aliphatic heterocycles. The van der Waals surface area contributed by atoms with E-state index in [9.17, 15) is 14.4 Å². The van der Waals surface area contributed by atoms with Crippen molar-refractivity contribution < 1.29 is 14.4 Å². The van der Waals surface area contributed by atoms with Gasteiger partial charge in [0.25, 0.3) is 0 Å². The third-order valence-electron chi connectivity index (χ3n) is 6.37. The van der Waals surface area contributed by atoms with Gasteiger partial charge < -0.3 is 4.90 Å². The molecule has 7 nitrogen and oxygen atoms in total. The largest absolute Gasteiger partial charge is 0.369 e. The molecule has 4 amide bonds. The van der Waals surface area contributed by atoms with E-state index in [4.69, 9.17) is 11.6 Å². The van der Waals surface area contributed by atoms with Crippen LogP contribution < -0.4 is 4.90 Å². The lowest BCUT2D eigenvalue weighted by Crippen LogP contribution is -2.52. The maximum atomic E-state index is 12.9. The molecule has 29 heavy (non-hydrogen) atoms. The number of hydrogen-bond donors (Lipinski definition) is 0. The van der Waals surface area contributed by atoms with E-state index in [1.54, 1.807) is 0 Å². The highest BCUT2D eigenvalue weighted by Crippen LogP contribution is 2.31. The van der Waals surface area contributed by atoms with Gasteiger partial charge >= 0.3 is 17.8 Å². The third kappa shape index (κ3) is 3.98. The minimum absolute atomic E-state index is 0.155. The van der Waals surface area contributed by atoms with Crippen molar-refractivity contribution in [3.63, 3.8) is 0 Å². The number of rotatable bonds is 4. The van der Waals surface area contributed by atoms with E-state index in [1.165, 1.54) is 4.90 Å². The van der Waals surface area contributed by atoms with Crippen LogP contribution in [0.5, 0.6) is 0 Å². The van der Waals surface area contributed by atoms with Crippen molar-refractivity contribution in [2.75, 3.05) is 37.7 Å². The molecule has 1 saturated carbocycles. The van der Waals surface area contributed by atoms with Gasteiger partial charge in [-0.3, -0.25) is 19.4 Å². The summed E-state index contributed by atoms with van der Waals surface area (Å²) in [5.41, 5.74) is 1.07. The smallest absolute Gasteiger partial charge is 0.335 e. The van der Waals surface area contributed by atoms with Gasteiger partial charge in [0.15, 0.2) is 0 Å². The summed E-state index contributed by atoms with van der Waals surface area (Å²) >= 11 is 6.08. The standard InChI is InChI=1S/C21H27ClN4O3/c1-15-5-2-3-8-18(15)26-20(28)19(27)25(21(26)29)14-23-9-11-24(12-10-23)17-7-4-6-16(22)13-17/h4,6-7,13,15,18H,2-3,5,8-12,14H2,1H3/t15-,18+/m1/s1. The van der Waals surface area contributed by atoms with Crippen LogP contribution in [0.3, 0.4) is 0 Å². The molecule has 1 aromatic rings. The summed E-state index contributed by atoms with van der Waals surface area (Å²) in [4.78, 5) is 44.7. The van der Waals surface area contributed by atoms with Gasteiger partial charge in [-0.15, -0.1) is 0 Å². The van der Waals surface area contributed by atoms with Crippen molar-refractivity contribution in [2.24, 2.45) is 5.92 Å². The molecule has 0 radical (unpaired) electrons. The Labute approximate surface area is 176 Å². The summed E-state index contributed by atoms with van der Waals surface area (Å²) in [6, 6.07) is 7.14. The van der Waals surface area contributed by atoms with E-state index in [-0.39, 0.29) is 18.6 Å². The topological polar surface area (TPSA) is 64.2 Å². The molecule has 2 saturated heterocycles. The molecular formula is C21H27ClN4O3. The average Bonchev–Trinajstić information content (AvgIpc) is 2.92. The number of hydrogen-bond acceptors (Lipinski definition) is 5. The molecule has 0 aromatic heterocycles. The molecule has 156 valence electrons. The number of nitrogens with zero attached hydrogens (tertiary/aromatic N) is 4. The number of imide groups is 2. The Morgan fingerprint density at radius 1 is 1.00 bits per heavy atom. The second-order valence-corrected chi connectivity index (χ2v) is 8.68. The summed E-state index contributed by atoms with van der Waals surface area (Å²) in [5.74, 6) is -1.11. The SMILES string of the molecule is C[C@@H]1CCCC[C@@H]1N1C(=O)C(=O)N(CN2CCN(c3cccc(Cl)c3)CC2)C1=O.